The van der Waals surface area contributed by atoms with Gasteiger partial charge in [0.05, 0.1) is 0 Å². The van der Waals surface area contributed by atoms with Crippen LogP contribution in [-0.2, 0) is 6.42 Å². The second-order valence-corrected chi connectivity index (χ2v) is 4.84. The van der Waals surface area contributed by atoms with Crippen LogP contribution in [0.15, 0.2) is 24.3 Å². The van der Waals surface area contributed by atoms with Gasteiger partial charge in [-0.2, -0.15) is 5.10 Å². The maximum Gasteiger partial charge on any atom is 0.278 e. The first kappa shape index (κ1) is 11.8. The van der Waals surface area contributed by atoms with Crippen LogP contribution in [0, 0.1) is 6.92 Å². The van der Waals surface area contributed by atoms with E-state index in [0.29, 0.717) is 12.2 Å². The van der Waals surface area contributed by atoms with E-state index < -0.39 is 0 Å². The average Bonchev–Trinajstić information content (AvgIpc) is 2.85. The molecule has 1 amide bonds. The summed E-state index contributed by atoms with van der Waals surface area (Å²) in [4.78, 5) is 14.3. The number of nitrogens with zero attached hydrogens (tertiary/aromatic N) is 2. The summed E-state index contributed by atoms with van der Waals surface area (Å²) in [7, 11) is 0. The predicted molar refractivity (Wildman–Crippen MR) is 74.2 cm³/mol. The first-order chi connectivity index (χ1) is 9.16. The van der Waals surface area contributed by atoms with Gasteiger partial charge in [-0.1, -0.05) is 6.07 Å². The first-order valence-corrected chi connectivity index (χ1v) is 6.38. The molecule has 0 aliphatic carbocycles. The van der Waals surface area contributed by atoms with E-state index in [1.807, 2.05) is 25.1 Å². The quantitative estimate of drug-likeness (QED) is 0.765. The lowest BCUT2D eigenvalue weighted by molar-refractivity contribution is 0.0980. The fourth-order valence-electron chi connectivity index (χ4n) is 2.53. The number of hydrogen-bond acceptors (Lipinski definition) is 3. The van der Waals surface area contributed by atoms with Crippen molar-refractivity contribution in [2.75, 3.05) is 17.2 Å². The number of nitrogen functional groups attached to an aromatic ring is 1. The Balaban J connectivity index is 2.00. The van der Waals surface area contributed by atoms with E-state index >= 15 is 0 Å². The number of nitrogens with one attached hydrogen (secondary N) is 1. The molecule has 2 heterocycles. The van der Waals surface area contributed by atoms with Gasteiger partial charge < -0.3 is 10.6 Å². The van der Waals surface area contributed by atoms with Gasteiger partial charge in [0.2, 0.25) is 0 Å². The molecule has 0 saturated heterocycles. The number of hydrogen-bond donors (Lipinski definition) is 2. The highest BCUT2D eigenvalue weighted by atomic mass is 16.2. The number of aromatic amines is 1. The van der Waals surface area contributed by atoms with Crippen molar-refractivity contribution in [3.63, 3.8) is 0 Å². The SMILES string of the molecule is Cc1cc(C(=O)N2CCCc3c(N)cccc32)n[nH]1. The number of amides is 1. The summed E-state index contributed by atoms with van der Waals surface area (Å²) < 4.78 is 0. The first-order valence-electron chi connectivity index (χ1n) is 6.38. The van der Waals surface area contributed by atoms with Gasteiger partial charge >= 0.3 is 0 Å². The van der Waals surface area contributed by atoms with Crippen LogP contribution < -0.4 is 10.6 Å². The molecule has 1 aromatic carbocycles. The van der Waals surface area contributed by atoms with E-state index in [-0.39, 0.29) is 5.91 Å². The van der Waals surface area contributed by atoms with Crippen LogP contribution in [0.3, 0.4) is 0 Å². The van der Waals surface area contributed by atoms with Crippen molar-refractivity contribution >= 4 is 17.3 Å². The van der Waals surface area contributed by atoms with E-state index in [0.717, 1.165) is 35.5 Å². The Morgan fingerprint density at radius 1 is 1.47 bits per heavy atom. The second-order valence-electron chi connectivity index (χ2n) is 4.84. The Morgan fingerprint density at radius 2 is 2.32 bits per heavy atom. The number of carbonyl (C=O) groups is 1. The summed E-state index contributed by atoms with van der Waals surface area (Å²) in [6.07, 6.45) is 1.85. The van der Waals surface area contributed by atoms with Crippen molar-refractivity contribution in [2.45, 2.75) is 19.8 Å². The summed E-state index contributed by atoms with van der Waals surface area (Å²) in [5.41, 5.74) is 10.1. The molecule has 0 saturated carbocycles. The topological polar surface area (TPSA) is 75.0 Å². The third-order valence-corrected chi connectivity index (χ3v) is 3.46. The minimum atomic E-state index is -0.0732. The number of fused-ring (bicyclic) bond motifs is 1. The molecule has 1 aromatic heterocycles. The number of aromatic nitrogens is 2. The minimum Gasteiger partial charge on any atom is -0.398 e. The molecule has 0 unspecified atom stereocenters. The van der Waals surface area contributed by atoms with Gasteiger partial charge in [0, 0.05) is 23.6 Å². The standard InChI is InChI=1S/C14H16N4O/c1-9-8-12(17-16-9)14(19)18-7-3-4-10-11(15)5-2-6-13(10)18/h2,5-6,8H,3-4,7,15H2,1H3,(H,16,17). The fraction of sp³-hybridized carbons (Fsp3) is 0.286. The maximum atomic E-state index is 12.5. The van der Waals surface area contributed by atoms with Gasteiger partial charge in [-0.25, -0.2) is 0 Å². The van der Waals surface area contributed by atoms with Crippen LogP contribution in [-0.4, -0.2) is 22.6 Å². The molecule has 1 aliphatic rings. The molecule has 2 aromatic rings. The van der Waals surface area contributed by atoms with Crippen molar-refractivity contribution in [2.24, 2.45) is 0 Å². The Morgan fingerprint density at radius 3 is 3.05 bits per heavy atom. The number of rotatable bonds is 1. The normalized spacial score (nSPS) is 14.3. The number of aryl methyl sites for hydroxylation is 1. The summed E-state index contributed by atoms with van der Waals surface area (Å²) >= 11 is 0. The van der Waals surface area contributed by atoms with Crippen LogP contribution in [0.25, 0.3) is 0 Å². The molecule has 3 N–H and O–H groups in total. The van der Waals surface area contributed by atoms with Crippen molar-refractivity contribution in [1.29, 1.82) is 0 Å². The van der Waals surface area contributed by atoms with Crippen molar-refractivity contribution in [3.05, 3.63) is 41.2 Å². The molecule has 0 atom stereocenters. The second kappa shape index (κ2) is 4.42. The lowest BCUT2D eigenvalue weighted by Crippen LogP contribution is -2.36. The zero-order chi connectivity index (χ0) is 13.4. The van der Waals surface area contributed by atoms with Crippen molar-refractivity contribution in [1.82, 2.24) is 10.2 Å². The zero-order valence-corrected chi connectivity index (χ0v) is 10.8. The fourth-order valence-corrected chi connectivity index (χ4v) is 2.53. The number of anilines is 2. The summed E-state index contributed by atoms with van der Waals surface area (Å²) in [5, 5.41) is 6.84. The smallest absolute Gasteiger partial charge is 0.278 e. The van der Waals surface area contributed by atoms with Gasteiger partial charge in [-0.05, 0) is 43.5 Å². The molecule has 1 aliphatic heterocycles. The van der Waals surface area contributed by atoms with Gasteiger partial charge in [-0.15, -0.1) is 0 Å². The molecular weight excluding hydrogens is 240 g/mol. The molecule has 0 bridgehead atoms. The number of nitrogens with two attached hydrogens (primary N) is 1. The third kappa shape index (κ3) is 1.97. The van der Waals surface area contributed by atoms with Gasteiger partial charge in [0.1, 0.15) is 0 Å². The van der Waals surface area contributed by atoms with Crippen molar-refractivity contribution < 1.29 is 4.79 Å². The van der Waals surface area contributed by atoms with E-state index in [9.17, 15) is 4.79 Å². The van der Waals surface area contributed by atoms with Gasteiger partial charge in [-0.3, -0.25) is 9.89 Å². The monoisotopic (exact) mass is 256 g/mol. The van der Waals surface area contributed by atoms with Crippen LogP contribution >= 0.6 is 0 Å². The van der Waals surface area contributed by atoms with Gasteiger partial charge in [0.15, 0.2) is 5.69 Å². The highest BCUT2D eigenvalue weighted by molar-refractivity contribution is 6.05. The summed E-state index contributed by atoms with van der Waals surface area (Å²) in [5.74, 6) is -0.0732. The van der Waals surface area contributed by atoms with Crippen LogP contribution in [0.4, 0.5) is 11.4 Å². The molecule has 98 valence electrons. The summed E-state index contributed by atoms with van der Waals surface area (Å²) in [6.45, 7) is 2.59. The van der Waals surface area contributed by atoms with Crippen molar-refractivity contribution in [3.8, 4) is 0 Å². The number of carbonyl (C=O) groups excluding carboxylic acids is 1. The van der Waals surface area contributed by atoms with Crippen LogP contribution in [0.1, 0.15) is 28.2 Å². The van der Waals surface area contributed by atoms with Crippen LogP contribution in [0.2, 0.25) is 0 Å². The molecule has 3 rings (SSSR count). The number of H-pyrrole nitrogens is 1. The van der Waals surface area contributed by atoms with Crippen LogP contribution in [0.5, 0.6) is 0 Å². The summed E-state index contributed by atoms with van der Waals surface area (Å²) in [6, 6.07) is 7.48. The molecule has 0 fully saturated rings. The maximum absolute atomic E-state index is 12.5. The minimum absolute atomic E-state index is 0.0732. The highest BCUT2D eigenvalue weighted by Crippen LogP contribution is 2.31. The third-order valence-electron chi connectivity index (χ3n) is 3.46. The Labute approximate surface area is 111 Å². The number of benzene rings is 1. The zero-order valence-electron chi connectivity index (χ0n) is 10.8. The van der Waals surface area contributed by atoms with E-state index in [4.69, 9.17) is 5.73 Å². The van der Waals surface area contributed by atoms with Gasteiger partial charge in [0.25, 0.3) is 5.91 Å². The molecule has 0 radical (unpaired) electrons. The Hall–Kier alpha value is -2.30. The lowest BCUT2D eigenvalue weighted by Gasteiger charge is -2.29. The molecule has 19 heavy (non-hydrogen) atoms. The largest absolute Gasteiger partial charge is 0.398 e. The highest BCUT2D eigenvalue weighted by Gasteiger charge is 2.25. The predicted octanol–water partition coefficient (Wildman–Crippen LogP) is 1.89. The molecular formula is C14H16N4O. The lowest BCUT2D eigenvalue weighted by atomic mass is 9.99. The van der Waals surface area contributed by atoms with E-state index in [2.05, 4.69) is 10.2 Å². The Bertz CT molecular complexity index is 632. The van der Waals surface area contributed by atoms with E-state index in [1.54, 1.807) is 11.0 Å². The van der Waals surface area contributed by atoms with E-state index in [1.165, 1.54) is 0 Å². The molecule has 0 spiro atoms. The molecule has 5 nitrogen and oxygen atoms in total. The molecule has 5 heteroatoms. The Kier molecular flexibility index (Phi) is 2.74. The average molecular weight is 256 g/mol.